The Bertz CT molecular complexity index is 519. The van der Waals surface area contributed by atoms with Gasteiger partial charge in [0.2, 0.25) is 0 Å². The van der Waals surface area contributed by atoms with Crippen LogP contribution in [0.15, 0.2) is 36.7 Å². The highest BCUT2D eigenvalue weighted by atomic mass is 16.3. The van der Waals surface area contributed by atoms with E-state index in [1.165, 1.54) is 5.56 Å². The maximum atomic E-state index is 9.25. The van der Waals surface area contributed by atoms with Gasteiger partial charge in [0.25, 0.3) is 0 Å². The van der Waals surface area contributed by atoms with Crippen LogP contribution in [0.25, 0.3) is 0 Å². The van der Waals surface area contributed by atoms with Crippen LogP contribution in [-0.2, 0) is 19.5 Å². The number of phenols is 1. The van der Waals surface area contributed by atoms with Crippen molar-refractivity contribution < 1.29 is 5.11 Å². The third-order valence-electron chi connectivity index (χ3n) is 3.55. The molecule has 4 nitrogen and oxygen atoms in total. The molecular formula is C16H23N3O. The maximum Gasteiger partial charge on any atom is 0.122 e. The summed E-state index contributed by atoms with van der Waals surface area (Å²) < 4.78 is 2.15. The molecule has 2 rings (SSSR count). The summed E-state index contributed by atoms with van der Waals surface area (Å²) in [4.78, 5) is 4.36. The van der Waals surface area contributed by atoms with E-state index >= 15 is 0 Å². The number of nitrogens with zero attached hydrogens (tertiary/aromatic N) is 2. The molecule has 0 spiro atoms. The highest BCUT2D eigenvalue weighted by molar-refractivity contribution is 5.25. The van der Waals surface area contributed by atoms with Crippen LogP contribution in [0.4, 0.5) is 0 Å². The molecule has 0 aliphatic heterocycles. The topological polar surface area (TPSA) is 50.1 Å². The molecule has 0 saturated heterocycles. The zero-order valence-electron chi connectivity index (χ0n) is 12.2. The number of rotatable bonds is 7. The predicted octanol–water partition coefficient (Wildman–Crippen LogP) is 2.72. The molecule has 0 saturated carbocycles. The molecule has 20 heavy (non-hydrogen) atoms. The van der Waals surface area contributed by atoms with E-state index in [1.807, 2.05) is 24.5 Å². The molecule has 4 heteroatoms. The monoisotopic (exact) mass is 273 g/mol. The van der Waals surface area contributed by atoms with Crippen molar-refractivity contribution in [1.82, 2.24) is 14.9 Å². The minimum atomic E-state index is 0.325. The molecule has 108 valence electrons. The molecule has 1 atom stereocenters. The van der Waals surface area contributed by atoms with Gasteiger partial charge in [0, 0.05) is 25.0 Å². The number of phenolic OH excluding ortho intramolecular Hbond substituents is 1. The molecule has 1 heterocycles. The van der Waals surface area contributed by atoms with Crippen LogP contribution in [0.5, 0.6) is 5.75 Å². The molecule has 0 radical (unpaired) electrons. The molecule has 1 aromatic heterocycles. The van der Waals surface area contributed by atoms with Crippen LogP contribution in [0.2, 0.25) is 0 Å². The lowest BCUT2D eigenvalue weighted by molar-refractivity contribution is 0.474. The first-order chi connectivity index (χ1) is 9.69. The van der Waals surface area contributed by atoms with Crippen LogP contribution in [-0.4, -0.2) is 20.7 Å². The summed E-state index contributed by atoms with van der Waals surface area (Å²) in [6, 6.07) is 7.88. The van der Waals surface area contributed by atoms with E-state index in [0.29, 0.717) is 11.8 Å². The molecule has 1 unspecified atom stereocenters. The second kappa shape index (κ2) is 7.10. The van der Waals surface area contributed by atoms with Crippen LogP contribution < -0.4 is 5.32 Å². The van der Waals surface area contributed by atoms with Crippen molar-refractivity contribution >= 4 is 0 Å². The van der Waals surface area contributed by atoms with Crippen molar-refractivity contribution in [2.75, 3.05) is 0 Å². The Morgan fingerprint density at radius 3 is 2.75 bits per heavy atom. The van der Waals surface area contributed by atoms with Crippen molar-refractivity contribution in [3.05, 3.63) is 48.0 Å². The van der Waals surface area contributed by atoms with Crippen LogP contribution in [0.1, 0.15) is 31.7 Å². The Morgan fingerprint density at radius 1 is 1.30 bits per heavy atom. The highest BCUT2D eigenvalue weighted by Gasteiger charge is 2.05. The largest absolute Gasteiger partial charge is 0.508 e. The fraction of sp³-hybridized carbons (Fsp3) is 0.438. The van der Waals surface area contributed by atoms with Crippen molar-refractivity contribution in [2.24, 2.45) is 0 Å². The average molecular weight is 273 g/mol. The molecule has 0 fully saturated rings. The average Bonchev–Trinajstić information content (AvgIpc) is 2.92. The molecule has 0 aliphatic carbocycles. The Hall–Kier alpha value is -1.81. The number of nitrogens with one attached hydrogen (secondary N) is 1. The number of aryl methyl sites for hydroxylation is 2. The first-order valence-corrected chi connectivity index (χ1v) is 7.20. The molecule has 2 N–H and O–H groups in total. The maximum absolute atomic E-state index is 9.25. The number of hydrogen-bond donors (Lipinski definition) is 2. The van der Waals surface area contributed by atoms with E-state index < -0.39 is 0 Å². The smallest absolute Gasteiger partial charge is 0.122 e. The Morgan fingerprint density at radius 2 is 2.05 bits per heavy atom. The summed E-state index contributed by atoms with van der Waals surface area (Å²) in [5.41, 5.74) is 1.26. The lowest BCUT2D eigenvalue weighted by Crippen LogP contribution is -2.27. The Balaban J connectivity index is 1.75. The molecule has 2 aromatic rings. The van der Waals surface area contributed by atoms with Gasteiger partial charge in [-0.2, -0.15) is 0 Å². The highest BCUT2D eigenvalue weighted by Crippen LogP contribution is 2.12. The fourth-order valence-electron chi connectivity index (χ4n) is 2.21. The molecule has 0 bridgehead atoms. The number of aromatic nitrogens is 2. The molecular weight excluding hydrogens is 250 g/mol. The van der Waals surface area contributed by atoms with E-state index in [4.69, 9.17) is 0 Å². The van der Waals surface area contributed by atoms with Gasteiger partial charge in [-0.15, -0.1) is 0 Å². The third-order valence-corrected chi connectivity index (χ3v) is 3.55. The normalized spacial score (nSPS) is 12.5. The minimum Gasteiger partial charge on any atom is -0.508 e. The SMILES string of the molecule is CCn1ccnc1CNC(C)CCc1ccc(O)cc1. The quantitative estimate of drug-likeness (QED) is 0.815. The Labute approximate surface area is 120 Å². The Kier molecular flexibility index (Phi) is 5.18. The van der Waals surface area contributed by atoms with Gasteiger partial charge in [0.15, 0.2) is 0 Å². The van der Waals surface area contributed by atoms with Gasteiger partial charge in [-0.25, -0.2) is 4.98 Å². The molecule has 1 aromatic carbocycles. The first-order valence-electron chi connectivity index (χ1n) is 7.20. The van der Waals surface area contributed by atoms with Crippen LogP contribution in [0, 0.1) is 0 Å². The first kappa shape index (κ1) is 14.6. The zero-order chi connectivity index (χ0) is 14.4. The van der Waals surface area contributed by atoms with Crippen LogP contribution in [0.3, 0.4) is 0 Å². The summed E-state index contributed by atoms with van der Waals surface area (Å²) in [5, 5.41) is 12.8. The lowest BCUT2D eigenvalue weighted by Gasteiger charge is -2.14. The summed E-state index contributed by atoms with van der Waals surface area (Å²) in [5.74, 6) is 1.41. The van der Waals surface area contributed by atoms with E-state index in [1.54, 1.807) is 12.1 Å². The van der Waals surface area contributed by atoms with Crippen molar-refractivity contribution in [3.8, 4) is 5.75 Å². The molecule has 0 amide bonds. The summed E-state index contributed by atoms with van der Waals surface area (Å²) in [7, 11) is 0. The number of imidazole rings is 1. The lowest BCUT2D eigenvalue weighted by atomic mass is 10.1. The predicted molar refractivity (Wildman–Crippen MR) is 80.6 cm³/mol. The van der Waals surface area contributed by atoms with Crippen molar-refractivity contribution in [2.45, 2.75) is 45.8 Å². The third kappa shape index (κ3) is 4.10. The molecule has 0 aliphatic rings. The summed E-state index contributed by atoms with van der Waals surface area (Å²) in [6.45, 7) is 6.08. The van der Waals surface area contributed by atoms with Gasteiger partial charge in [-0.05, 0) is 44.4 Å². The van der Waals surface area contributed by atoms with Gasteiger partial charge in [-0.1, -0.05) is 12.1 Å². The second-order valence-electron chi connectivity index (χ2n) is 5.12. The summed E-state index contributed by atoms with van der Waals surface area (Å²) in [6.07, 6.45) is 5.94. The van der Waals surface area contributed by atoms with Gasteiger partial charge in [-0.3, -0.25) is 0 Å². The van der Waals surface area contributed by atoms with Crippen molar-refractivity contribution in [3.63, 3.8) is 0 Å². The zero-order valence-corrected chi connectivity index (χ0v) is 12.2. The number of benzene rings is 1. The van der Waals surface area contributed by atoms with Gasteiger partial charge < -0.3 is 15.0 Å². The minimum absolute atomic E-state index is 0.325. The van der Waals surface area contributed by atoms with E-state index in [9.17, 15) is 5.11 Å². The van der Waals surface area contributed by atoms with Gasteiger partial charge in [0.05, 0.1) is 6.54 Å². The van der Waals surface area contributed by atoms with Crippen LogP contribution >= 0.6 is 0 Å². The second-order valence-corrected chi connectivity index (χ2v) is 5.12. The fourth-order valence-corrected chi connectivity index (χ4v) is 2.21. The van der Waals surface area contributed by atoms with E-state index in [-0.39, 0.29) is 0 Å². The van der Waals surface area contributed by atoms with E-state index in [2.05, 4.69) is 28.7 Å². The van der Waals surface area contributed by atoms with Gasteiger partial charge >= 0.3 is 0 Å². The van der Waals surface area contributed by atoms with Gasteiger partial charge in [0.1, 0.15) is 11.6 Å². The number of aromatic hydroxyl groups is 1. The summed E-state index contributed by atoms with van der Waals surface area (Å²) >= 11 is 0. The number of hydrogen-bond acceptors (Lipinski definition) is 3. The van der Waals surface area contributed by atoms with E-state index in [0.717, 1.165) is 31.8 Å². The standard InChI is InChI=1S/C16H23N3O/c1-3-19-11-10-17-16(19)12-18-13(2)4-5-14-6-8-15(20)9-7-14/h6-11,13,18,20H,3-5,12H2,1-2H3. The van der Waals surface area contributed by atoms with Crippen molar-refractivity contribution in [1.29, 1.82) is 0 Å².